The van der Waals surface area contributed by atoms with Crippen LogP contribution in [0.2, 0.25) is 0 Å². The number of nitrogens with one attached hydrogen (secondary N) is 2. The van der Waals surface area contributed by atoms with E-state index in [1.807, 2.05) is 0 Å². The zero-order valence-corrected chi connectivity index (χ0v) is 10.1. The van der Waals surface area contributed by atoms with Gasteiger partial charge in [-0.3, -0.25) is 4.79 Å². The van der Waals surface area contributed by atoms with Gasteiger partial charge in [-0.15, -0.1) is 0 Å². The summed E-state index contributed by atoms with van der Waals surface area (Å²) in [6.45, 7) is 3.40. The fourth-order valence-corrected chi connectivity index (χ4v) is 1.43. The largest absolute Gasteiger partial charge is 0.478 e. The van der Waals surface area contributed by atoms with E-state index in [1.165, 1.54) is 0 Å². The highest BCUT2D eigenvalue weighted by molar-refractivity contribution is 6.02. The van der Waals surface area contributed by atoms with E-state index in [0.717, 1.165) is 0 Å². The van der Waals surface area contributed by atoms with E-state index in [0.29, 0.717) is 11.3 Å². The van der Waals surface area contributed by atoms with Crippen molar-refractivity contribution in [1.29, 1.82) is 0 Å². The van der Waals surface area contributed by atoms with E-state index in [2.05, 4.69) is 10.6 Å². The Morgan fingerprint density at radius 2 is 2.00 bits per heavy atom. The smallest absolute Gasteiger partial charge is 0.338 e. The molecular formula is C12H16N2O3. The Kier molecular flexibility index (Phi) is 4.23. The maximum absolute atomic E-state index is 11.7. The zero-order valence-electron chi connectivity index (χ0n) is 10.1. The molecule has 0 spiro atoms. The van der Waals surface area contributed by atoms with Gasteiger partial charge in [0.1, 0.15) is 0 Å². The van der Waals surface area contributed by atoms with Crippen molar-refractivity contribution in [3.05, 3.63) is 29.3 Å². The lowest BCUT2D eigenvalue weighted by Crippen LogP contribution is -2.35. The number of aromatic carboxylic acids is 1. The molecule has 92 valence electrons. The molecule has 0 aliphatic heterocycles. The first kappa shape index (κ1) is 13.2. The average molecular weight is 236 g/mol. The van der Waals surface area contributed by atoms with Crippen molar-refractivity contribution >= 4 is 17.6 Å². The molecule has 0 saturated heterocycles. The van der Waals surface area contributed by atoms with Gasteiger partial charge in [-0.05, 0) is 32.5 Å². The number of hydrogen-bond acceptors (Lipinski definition) is 3. The normalized spacial score (nSPS) is 11.9. The number of amides is 1. The van der Waals surface area contributed by atoms with Crippen molar-refractivity contribution in [1.82, 2.24) is 5.32 Å². The first-order valence-electron chi connectivity index (χ1n) is 5.28. The monoisotopic (exact) mass is 236 g/mol. The van der Waals surface area contributed by atoms with Gasteiger partial charge in [-0.1, -0.05) is 12.1 Å². The maximum atomic E-state index is 11.7. The molecule has 1 atom stereocenters. The van der Waals surface area contributed by atoms with E-state index < -0.39 is 5.97 Å². The van der Waals surface area contributed by atoms with Crippen molar-refractivity contribution in [2.24, 2.45) is 0 Å². The summed E-state index contributed by atoms with van der Waals surface area (Å²) in [6.07, 6.45) is 0. The molecule has 0 heterocycles. The third-order valence-corrected chi connectivity index (χ3v) is 2.57. The summed E-state index contributed by atoms with van der Waals surface area (Å²) in [4.78, 5) is 22.8. The lowest BCUT2D eigenvalue weighted by atomic mass is 10.1. The number of benzene rings is 1. The lowest BCUT2D eigenvalue weighted by molar-refractivity contribution is -0.117. The van der Waals surface area contributed by atoms with Gasteiger partial charge in [0.25, 0.3) is 0 Å². The van der Waals surface area contributed by atoms with Gasteiger partial charge in [0.2, 0.25) is 5.91 Å². The standard InChI is InChI=1S/C12H16N2O3/c1-7-5-4-6-9(10(7)12(16)17)14-11(15)8(2)13-3/h4-6,8,13H,1-3H3,(H,14,15)(H,16,17). The number of likely N-dealkylation sites (N-methyl/N-ethyl adjacent to an activating group) is 1. The van der Waals surface area contributed by atoms with Gasteiger partial charge in [0, 0.05) is 0 Å². The molecule has 0 aromatic heterocycles. The minimum absolute atomic E-state index is 0.129. The number of carboxylic acids is 1. The van der Waals surface area contributed by atoms with E-state index in [-0.39, 0.29) is 17.5 Å². The van der Waals surface area contributed by atoms with Gasteiger partial charge < -0.3 is 15.7 Å². The lowest BCUT2D eigenvalue weighted by Gasteiger charge is -2.13. The second-order valence-corrected chi connectivity index (χ2v) is 3.80. The van der Waals surface area contributed by atoms with Gasteiger partial charge in [-0.25, -0.2) is 4.79 Å². The van der Waals surface area contributed by atoms with Crippen LogP contribution in [0.1, 0.15) is 22.8 Å². The highest BCUT2D eigenvalue weighted by Crippen LogP contribution is 2.19. The van der Waals surface area contributed by atoms with Gasteiger partial charge in [0.05, 0.1) is 17.3 Å². The summed E-state index contributed by atoms with van der Waals surface area (Å²) in [6, 6.07) is 4.61. The fourth-order valence-electron chi connectivity index (χ4n) is 1.43. The predicted octanol–water partition coefficient (Wildman–Crippen LogP) is 1.24. The molecule has 5 nitrogen and oxygen atoms in total. The minimum Gasteiger partial charge on any atom is -0.478 e. The van der Waals surface area contributed by atoms with E-state index >= 15 is 0 Å². The molecule has 0 saturated carbocycles. The molecule has 1 unspecified atom stereocenters. The predicted molar refractivity (Wildman–Crippen MR) is 65.3 cm³/mol. The molecule has 1 aromatic rings. The highest BCUT2D eigenvalue weighted by Gasteiger charge is 2.17. The Labute approximate surface area is 99.8 Å². The molecule has 0 bridgehead atoms. The maximum Gasteiger partial charge on any atom is 0.338 e. The van der Waals surface area contributed by atoms with Crippen LogP contribution in [0.25, 0.3) is 0 Å². The van der Waals surface area contributed by atoms with Crippen LogP contribution in [0.3, 0.4) is 0 Å². The van der Waals surface area contributed by atoms with Crippen LogP contribution >= 0.6 is 0 Å². The van der Waals surface area contributed by atoms with Crippen molar-refractivity contribution in [3.63, 3.8) is 0 Å². The number of carboxylic acid groups (broad SMARTS) is 1. The van der Waals surface area contributed by atoms with Gasteiger partial charge in [0.15, 0.2) is 0 Å². The topological polar surface area (TPSA) is 78.4 Å². The van der Waals surface area contributed by atoms with E-state index in [9.17, 15) is 9.59 Å². The minimum atomic E-state index is -1.05. The van der Waals surface area contributed by atoms with Crippen LogP contribution in [-0.4, -0.2) is 30.1 Å². The molecule has 1 amide bonds. The first-order valence-corrected chi connectivity index (χ1v) is 5.28. The summed E-state index contributed by atoms with van der Waals surface area (Å²) in [7, 11) is 1.67. The Balaban J connectivity index is 3.03. The molecule has 1 aromatic carbocycles. The quantitative estimate of drug-likeness (QED) is 0.735. The van der Waals surface area contributed by atoms with Crippen molar-refractivity contribution < 1.29 is 14.7 Å². The SMILES string of the molecule is CNC(C)C(=O)Nc1cccc(C)c1C(=O)O. The van der Waals surface area contributed by atoms with Crippen molar-refractivity contribution in [2.45, 2.75) is 19.9 Å². The Morgan fingerprint density at radius 3 is 2.53 bits per heavy atom. The van der Waals surface area contributed by atoms with Crippen LogP contribution in [0.4, 0.5) is 5.69 Å². The average Bonchev–Trinajstić information content (AvgIpc) is 2.27. The van der Waals surface area contributed by atoms with Crippen LogP contribution < -0.4 is 10.6 Å². The molecule has 17 heavy (non-hydrogen) atoms. The van der Waals surface area contributed by atoms with E-state index in [1.54, 1.807) is 39.1 Å². The molecule has 0 radical (unpaired) electrons. The number of hydrogen-bond donors (Lipinski definition) is 3. The summed E-state index contributed by atoms with van der Waals surface area (Å²) in [5.41, 5.74) is 1.07. The number of aryl methyl sites for hydroxylation is 1. The Bertz CT molecular complexity index is 443. The molecule has 5 heteroatoms. The number of anilines is 1. The van der Waals surface area contributed by atoms with Crippen LogP contribution in [0.5, 0.6) is 0 Å². The van der Waals surface area contributed by atoms with E-state index in [4.69, 9.17) is 5.11 Å². The molecule has 0 aliphatic carbocycles. The molecule has 0 fully saturated rings. The highest BCUT2D eigenvalue weighted by atomic mass is 16.4. The first-order chi connectivity index (χ1) is 7.97. The van der Waals surface area contributed by atoms with Crippen LogP contribution in [0.15, 0.2) is 18.2 Å². The fraction of sp³-hybridized carbons (Fsp3) is 0.333. The molecule has 3 N–H and O–H groups in total. The molecule has 1 rings (SSSR count). The third-order valence-electron chi connectivity index (χ3n) is 2.57. The molecule has 0 aliphatic rings. The third kappa shape index (κ3) is 3.04. The van der Waals surface area contributed by atoms with Crippen molar-refractivity contribution in [3.8, 4) is 0 Å². The Morgan fingerprint density at radius 1 is 1.35 bits per heavy atom. The summed E-state index contributed by atoms with van der Waals surface area (Å²) in [5.74, 6) is -1.31. The number of rotatable bonds is 4. The van der Waals surface area contributed by atoms with Crippen LogP contribution in [-0.2, 0) is 4.79 Å². The molecular weight excluding hydrogens is 220 g/mol. The number of carbonyl (C=O) groups excluding carboxylic acids is 1. The second-order valence-electron chi connectivity index (χ2n) is 3.80. The van der Waals surface area contributed by atoms with Gasteiger partial charge in [-0.2, -0.15) is 0 Å². The summed E-state index contributed by atoms with van der Waals surface area (Å²) in [5, 5.41) is 14.5. The Hall–Kier alpha value is -1.88. The number of carbonyl (C=O) groups is 2. The summed E-state index contributed by atoms with van der Waals surface area (Å²) >= 11 is 0. The summed E-state index contributed by atoms with van der Waals surface area (Å²) < 4.78 is 0. The second kappa shape index (κ2) is 5.45. The van der Waals surface area contributed by atoms with Crippen LogP contribution in [0, 0.1) is 6.92 Å². The van der Waals surface area contributed by atoms with Gasteiger partial charge >= 0.3 is 5.97 Å². The zero-order chi connectivity index (χ0) is 13.0. The van der Waals surface area contributed by atoms with Crippen molar-refractivity contribution in [2.75, 3.05) is 12.4 Å².